The Kier molecular flexibility index (Phi) is 2.67. The molecule has 1 saturated heterocycles. The first kappa shape index (κ1) is 9.19. The van der Waals surface area contributed by atoms with E-state index in [1.54, 1.807) is 11.3 Å². The lowest BCUT2D eigenvalue weighted by atomic mass is 9.89. The van der Waals surface area contributed by atoms with Crippen LogP contribution in [0.4, 0.5) is 0 Å². The number of piperidine rings is 1. The van der Waals surface area contributed by atoms with Gasteiger partial charge in [0.25, 0.3) is 0 Å². The van der Waals surface area contributed by atoms with Crippen LogP contribution >= 0.6 is 11.3 Å². The molecule has 1 aliphatic rings. The molecule has 3 heteroatoms. The highest BCUT2D eigenvalue weighted by molar-refractivity contribution is 7.07. The number of nitrogens with one attached hydrogen (secondary N) is 1. The van der Waals surface area contributed by atoms with Crippen LogP contribution in [-0.2, 0) is 0 Å². The van der Waals surface area contributed by atoms with E-state index >= 15 is 0 Å². The second-order valence-corrected chi connectivity index (χ2v) is 4.73. The van der Waals surface area contributed by atoms with Crippen LogP contribution in [0.2, 0.25) is 0 Å². The molecular formula is C10H16N2S. The van der Waals surface area contributed by atoms with Crippen LogP contribution in [-0.4, -0.2) is 12.6 Å². The number of hydrogen-bond donors (Lipinski definition) is 2. The fraction of sp³-hybridized carbons (Fsp3) is 0.600. The Balaban J connectivity index is 2.08. The highest BCUT2D eigenvalue weighted by atomic mass is 32.1. The first-order valence-corrected chi connectivity index (χ1v) is 5.72. The van der Waals surface area contributed by atoms with Crippen molar-refractivity contribution in [3.05, 3.63) is 22.4 Å². The Labute approximate surface area is 83.1 Å². The molecule has 0 aliphatic carbocycles. The van der Waals surface area contributed by atoms with Crippen LogP contribution in [0.15, 0.2) is 16.8 Å². The minimum atomic E-state index is 0.276. The highest BCUT2D eigenvalue weighted by Crippen LogP contribution is 2.25. The molecule has 72 valence electrons. The average molecular weight is 196 g/mol. The van der Waals surface area contributed by atoms with Crippen LogP contribution in [0, 0.1) is 5.92 Å². The molecule has 0 bridgehead atoms. The zero-order valence-electron chi connectivity index (χ0n) is 7.86. The van der Waals surface area contributed by atoms with Crippen molar-refractivity contribution >= 4 is 11.3 Å². The maximum absolute atomic E-state index is 6.10. The molecule has 3 N–H and O–H groups in total. The number of thiophene rings is 1. The lowest BCUT2D eigenvalue weighted by Crippen LogP contribution is -2.45. The van der Waals surface area contributed by atoms with Gasteiger partial charge in [0.2, 0.25) is 0 Å². The molecule has 0 radical (unpaired) electrons. The van der Waals surface area contributed by atoms with Gasteiger partial charge in [0.1, 0.15) is 0 Å². The van der Waals surface area contributed by atoms with Crippen LogP contribution < -0.4 is 11.1 Å². The van der Waals surface area contributed by atoms with E-state index in [1.807, 2.05) is 0 Å². The van der Waals surface area contributed by atoms with E-state index in [4.69, 9.17) is 5.73 Å². The maximum atomic E-state index is 6.10. The van der Waals surface area contributed by atoms with Crippen LogP contribution in [0.25, 0.3) is 0 Å². The second-order valence-electron chi connectivity index (χ2n) is 3.95. The molecular weight excluding hydrogens is 180 g/mol. The molecule has 13 heavy (non-hydrogen) atoms. The monoisotopic (exact) mass is 196 g/mol. The summed E-state index contributed by atoms with van der Waals surface area (Å²) in [5, 5.41) is 7.80. The molecule has 2 heterocycles. The van der Waals surface area contributed by atoms with Crippen molar-refractivity contribution in [2.75, 3.05) is 6.54 Å². The molecule has 0 amide bonds. The van der Waals surface area contributed by atoms with E-state index in [9.17, 15) is 0 Å². The molecule has 1 aromatic rings. The molecule has 0 saturated carbocycles. The van der Waals surface area contributed by atoms with Gasteiger partial charge in [-0.15, -0.1) is 0 Å². The van der Waals surface area contributed by atoms with Crippen molar-refractivity contribution in [3.8, 4) is 0 Å². The van der Waals surface area contributed by atoms with E-state index < -0.39 is 0 Å². The van der Waals surface area contributed by atoms with Crippen LogP contribution in [0.3, 0.4) is 0 Å². The third kappa shape index (κ3) is 1.93. The van der Waals surface area contributed by atoms with E-state index in [2.05, 4.69) is 29.1 Å². The predicted molar refractivity (Wildman–Crippen MR) is 56.8 cm³/mol. The van der Waals surface area contributed by atoms with Crippen molar-refractivity contribution < 1.29 is 0 Å². The van der Waals surface area contributed by atoms with Gasteiger partial charge in [-0.3, -0.25) is 0 Å². The van der Waals surface area contributed by atoms with Gasteiger partial charge >= 0.3 is 0 Å². The molecule has 2 rings (SSSR count). The smallest absolute Gasteiger partial charge is 0.0482 e. The molecule has 1 aromatic heterocycles. The van der Waals surface area contributed by atoms with Crippen molar-refractivity contribution in [2.24, 2.45) is 11.7 Å². The Morgan fingerprint density at radius 2 is 2.46 bits per heavy atom. The summed E-state index contributed by atoms with van der Waals surface area (Å²) in [6.45, 7) is 3.34. The Bertz CT molecular complexity index is 258. The van der Waals surface area contributed by atoms with Gasteiger partial charge in [-0.2, -0.15) is 11.3 Å². The maximum Gasteiger partial charge on any atom is 0.0482 e. The molecule has 0 aromatic carbocycles. The van der Waals surface area contributed by atoms with E-state index in [0.29, 0.717) is 12.0 Å². The third-order valence-corrected chi connectivity index (χ3v) is 3.39. The summed E-state index contributed by atoms with van der Waals surface area (Å²) in [5.41, 5.74) is 7.45. The third-order valence-electron chi connectivity index (χ3n) is 2.69. The Morgan fingerprint density at radius 3 is 3.08 bits per heavy atom. The fourth-order valence-corrected chi connectivity index (χ4v) is 2.68. The predicted octanol–water partition coefficient (Wildman–Crippen LogP) is 1.75. The van der Waals surface area contributed by atoms with Gasteiger partial charge in [-0.1, -0.05) is 6.92 Å². The minimum Gasteiger partial charge on any atom is -0.326 e. The van der Waals surface area contributed by atoms with Crippen LogP contribution in [0.5, 0.6) is 0 Å². The first-order chi connectivity index (χ1) is 6.27. The standard InChI is InChI=1S/C10H16N2S/c1-7-4-9(11)10(12-5-7)8-2-3-13-6-8/h2-3,6-7,9-10,12H,4-5,11H2,1H3. The lowest BCUT2D eigenvalue weighted by Gasteiger charge is -2.33. The highest BCUT2D eigenvalue weighted by Gasteiger charge is 2.26. The zero-order chi connectivity index (χ0) is 9.26. The Hall–Kier alpha value is -0.380. The summed E-state index contributed by atoms with van der Waals surface area (Å²) in [6.07, 6.45) is 1.13. The van der Waals surface area contributed by atoms with E-state index in [0.717, 1.165) is 13.0 Å². The largest absolute Gasteiger partial charge is 0.326 e. The van der Waals surface area contributed by atoms with E-state index in [-0.39, 0.29) is 6.04 Å². The number of nitrogens with two attached hydrogens (primary N) is 1. The summed E-state index contributed by atoms with van der Waals surface area (Å²) in [6, 6.07) is 2.82. The molecule has 3 atom stereocenters. The fourth-order valence-electron chi connectivity index (χ4n) is 1.98. The molecule has 1 aliphatic heterocycles. The van der Waals surface area contributed by atoms with Gasteiger partial charge < -0.3 is 11.1 Å². The van der Waals surface area contributed by atoms with Crippen molar-refractivity contribution in [3.63, 3.8) is 0 Å². The van der Waals surface area contributed by atoms with Crippen molar-refractivity contribution in [1.82, 2.24) is 5.32 Å². The first-order valence-electron chi connectivity index (χ1n) is 4.78. The zero-order valence-corrected chi connectivity index (χ0v) is 8.68. The van der Waals surface area contributed by atoms with Crippen molar-refractivity contribution in [2.45, 2.75) is 25.4 Å². The summed E-state index contributed by atoms with van der Waals surface area (Å²) >= 11 is 1.74. The summed E-state index contributed by atoms with van der Waals surface area (Å²) in [7, 11) is 0. The van der Waals surface area contributed by atoms with Gasteiger partial charge in [-0.25, -0.2) is 0 Å². The normalized spacial score (nSPS) is 34.8. The number of hydrogen-bond acceptors (Lipinski definition) is 3. The SMILES string of the molecule is CC1CNC(c2ccsc2)C(N)C1. The van der Waals surface area contributed by atoms with Gasteiger partial charge in [0.15, 0.2) is 0 Å². The summed E-state index contributed by atoms with van der Waals surface area (Å²) in [4.78, 5) is 0. The quantitative estimate of drug-likeness (QED) is 0.718. The topological polar surface area (TPSA) is 38.0 Å². The summed E-state index contributed by atoms with van der Waals surface area (Å²) < 4.78 is 0. The Morgan fingerprint density at radius 1 is 1.62 bits per heavy atom. The van der Waals surface area contributed by atoms with Gasteiger partial charge in [0.05, 0.1) is 0 Å². The lowest BCUT2D eigenvalue weighted by molar-refractivity contribution is 0.292. The van der Waals surface area contributed by atoms with Gasteiger partial charge in [0, 0.05) is 12.1 Å². The minimum absolute atomic E-state index is 0.276. The molecule has 2 nitrogen and oxygen atoms in total. The number of rotatable bonds is 1. The average Bonchev–Trinajstić information content (AvgIpc) is 2.56. The molecule has 1 fully saturated rings. The molecule has 3 unspecified atom stereocenters. The van der Waals surface area contributed by atoms with Gasteiger partial charge in [-0.05, 0) is 41.3 Å². The molecule has 0 spiro atoms. The second kappa shape index (κ2) is 3.78. The van der Waals surface area contributed by atoms with Crippen molar-refractivity contribution in [1.29, 1.82) is 0 Å². The van der Waals surface area contributed by atoms with Crippen LogP contribution in [0.1, 0.15) is 24.9 Å². The summed E-state index contributed by atoms with van der Waals surface area (Å²) in [5.74, 6) is 0.713. The van der Waals surface area contributed by atoms with E-state index in [1.165, 1.54) is 5.56 Å².